The number of amides is 1. The molecule has 1 aliphatic carbocycles. The number of fused-ring (bicyclic) bond motifs is 1. The topological polar surface area (TPSA) is 70.1 Å². The normalized spacial score (nSPS) is 24.2. The van der Waals surface area contributed by atoms with Crippen LogP contribution in [0.3, 0.4) is 0 Å². The van der Waals surface area contributed by atoms with Crippen LogP contribution >= 0.6 is 0 Å². The first-order valence-corrected chi connectivity index (χ1v) is 13.8. The number of aromatic carboxylic acids is 1. The van der Waals surface area contributed by atoms with E-state index in [2.05, 4.69) is 4.90 Å². The summed E-state index contributed by atoms with van der Waals surface area (Å²) in [5, 5.41) is 9.27. The van der Waals surface area contributed by atoms with E-state index in [9.17, 15) is 32.3 Å². The molecule has 5 rings (SSSR count). The molecular formula is C30H34F4N2O4. The third kappa shape index (κ3) is 5.30. The number of alkyl halides is 3. The van der Waals surface area contributed by atoms with Crippen LogP contribution in [0.5, 0.6) is 5.75 Å². The Kier molecular flexibility index (Phi) is 7.58. The van der Waals surface area contributed by atoms with E-state index >= 15 is 0 Å². The molecule has 0 unspecified atom stereocenters. The molecule has 3 aliphatic rings. The van der Waals surface area contributed by atoms with Gasteiger partial charge >= 0.3 is 12.1 Å². The molecule has 0 spiro atoms. The van der Waals surface area contributed by atoms with Crippen molar-refractivity contribution in [1.29, 1.82) is 0 Å². The van der Waals surface area contributed by atoms with E-state index in [1.165, 1.54) is 18.2 Å². The second-order valence-corrected chi connectivity index (χ2v) is 11.7. The van der Waals surface area contributed by atoms with E-state index in [4.69, 9.17) is 4.74 Å². The van der Waals surface area contributed by atoms with Gasteiger partial charge < -0.3 is 19.6 Å². The van der Waals surface area contributed by atoms with E-state index in [0.717, 1.165) is 50.0 Å². The molecule has 1 N–H and O–H groups in total. The van der Waals surface area contributed by atoms with E-state index in [0.29, 0.717) is 24.2 Å². The molecule has 2 aromatic carbocycles. The summed E-state index contributed by atoms with van der Waals surface area (Å²) in [5.74, 6) is -1.53. The maximum Gasteiger partial charge on any atom is 0.416 e. The van der Waals surface area contributed by atoms with Crippen molar-refractivity contribution in [1.82, 2.24) is 9.80 Å². The summed E-state index contributed by atoms with van der Waals surface area (Å²) in [7, 11) is 0. The molecule has 2 fully saturated rings. The average Bonchev–Trinajstić information content (AvgIpc) is 3.39. The minimum Gasteiger partial charge on any atom is -0.478 e. The molecule has 1 amide bonds. The molecule has 0 aromatic heterocycles. The van der Waals surface area contributed by atoms with Gasteiger partial charge in [0.05, 0.1) is 23.1 Å². The van der Waals surface area contributed by atoms with Crippen LogP contribution in [0.25, 0.3) is 0 Å². The second-order valence-electron chi connectivity index (χ2n) is 11.7. The zero-order valence-electron chi connectivity index (χ0n) is 22.6. The van der Waals surface area contributed by atoms with Crippen LogP contribution in [0.15, 0.2) is 36.4 Å². The molecule has 0 radical (unpaired) electrons. The lowest BCUT2D eigenvalue weighted by molar-refractivity contribution is -0.150. The Bertz CT molecular complexity index is 1290. The molecule has 10 heteroatoms. The van der Waals surface area contributed by atoms with Gasteiger partial charge in [0.1, 0.15) is 11.6 Å². The zero-order valence-corrected chi connectivity index (χ0v) is 22.6. The number of benzene rings is 2. The number of hydrogen-bond acceptors (Lipinski definition) is 4. The lowest BCUT2D eigenvalue weighted by Crippen LogP contribution is -2.49. The number of halogens is 4. The third-order valence-electron chi connectivity index (χ3n) is 9.20. The number of carbonyl (C=O) groups excluding carboxylic acids is 1. The van der Waals surface area contributed by atoms with Crippen LogP contribution in [0, 0.1) is 17.2 Å². The lowest BCUT2D eigenvalue weighted by Gasteiger charge is -2.41. The molecule has 2 aliphatic heterocycles. The quantitative estimate of drug-likeness (QED) is 0.434. The number of ether oxygens (including phenoxy) is 1. The fraction of sp³-hybridized carbons (Fsp3) is 0.533. The highest BCUT2D eigenvalue weighted by atomic mass is 19.4. The molecule has 2 aromatic rings. The van der Waals surface area contributed by atoms with Gasteiger partial charge in [0.2, 0.25) is 5.91 Å². The SMILES string of the molecule is CC(C)[C@]1(C(=O)N2COc3ccc(C(F)(F)F)cc3C2)CC[C@@H](N2CCC(c3ccc(F)c(C(=O)O)c3)CC2)C1. The minimum atomic E-state index is -4.47. The van der Waals surface area contributed by atoms with Gasteiger partial charge in [0, 0.05) is 11.6 Å². The molecule has 2 atom stereocenters. The third-order valence-corrected chi connectivity index (χ3v) is 9.20. The van der Waals surface area contributed by atoms with Crippen molar-refractivity contribution in [2.75, 3.05) is 19.8 Å². The van der Waals surface area contributed by atoms with Gasteiger partial charge in [0.15, 0.2) is 6.73 Å². The molecule has 0 bridgehead atoms. The molecular weight excluding hydrogens is 528 g/mol. The minimum absolute atomic E-state index is 0.0116. The highest BCUT2D eigenvalue weighted by molar-refractivity contribution is 5.88. The van der Waals surface area contributed by atoms with Crippen molar-refractivity contribution in [3.63, 3.8) is 0 Å². The predicted molar refractivity (Wildman–Crippen MR) is 139 cm³/mol. The van der Waals surface area contributed by atoms with Crippen molar-refractivity contribution in [3.8, 4) is 5.75 Å². The van der Waals surface area contributed by atoms with Gasteiger partial charge in [-0.1, -0.05) is 19.9 Å². The summed E-state index contributed by atoms with van der Waals surface area (Å²) < 4.78 is 59.4. The molecule has 1 saturated carbocycles. The van der Waals surface area contributed by atoms with E-state index < -0.39 is 28.9 Å². The average molecular weight is 563 g/mol. The van der Waals surface area contributed by atoms with E-state index in [1.54, 1.807) is 11.0 Å². The van der Waals surface area contributed by atoms with Crippen molar-refractivity contribution in [3.05, 3.63) is 64.5 Å². The monoisotopic (exact) mass is 562 g/mol. The van der Waals surface area contributed by atoms with Gasteiger partial charge in [-0.15, -0.1) is 0 Å². The Labute approximate surface area is 230 Å². The second kappa shape index (κ2) is 10.7. The number of nitrogens with zero attached hydrogens (tertiary/aromatic N) is 2. The van der Waals surface area contributed by atoms with Crippen LogP contribution in [-0.2, 0) is 17.5 Å². The summed E-state index contributed by atoms with van der Waals surface area (Å²) in [4.78, 5) is 29.3. The summed E-state index contributed by atoms with van der Waals surface area (Å²) >= 11 is 0. The van der Waals surface area contributed by atoms with Crippen molar-refractivity contribution in [2.45, 2.75) is 70.6 Å². The van der Waals surface area contributed by atoms with Gasteiger partial charge in [-0.05, 0) is 92.9 Å². The largest absolute Gasteiger partial charge is 0.478 e. The van der Waals surface area contributed by atoms with Crippen molar-refractivity contribution < 1.29 is 37.0 Å². The first-order valence-electron chi connectivity index (χ1n) is 13.8. The Morgan fingerprint density at radius 3 is 2.45 bits per heavy atom. The van der Waals surface area contributed by atoms with Gasteiger partial charge in [-0.3, -0.25) is 4.79 Å². The Morgan fingerprint density at radius 2 is 1.80 bits per heavy atom. The van der Waals surface area contributed by atoms with Gasteiger partial charge in [-0.25, -0.2) is 9.18 Å². The van der Waals surface area contributed by atoms with Gasteiger partial charge in [-0.2, -0.15) is 13.2 Å². The molecule has 2 heterocycles. The summed E-state index contributed by atoms with van der Waals surface area (Å²) in [5.41, 5.74) is -0.508. The van der Waals surface area contributed by atoms with E-state index in [-0.39, 0.29) is 42.6 Å². The van der Waals surface area contributed by atoms with Crippen LogP contribution in [-0.4, -0.2) is 52.6 Å². The number of likely N-dealkylation sites (tertiary alicyclic amines) is 1. The molecule has 216 valence electrons. The summed E-state index contributed by atoms with van der Waals surface area (Å²) in [6.07, 6.45) is -0.649. The number of piperidine rings is 1. The molecule has 6 nitrogen and oxygen atoms in total. The lowest BCUT2D eigenvalue weighted by atomic mass is 9.74. The summed E-state index contributed by atoms with van der Waals surface area (Å²) in [6.45, 7) is 5.73. The highest BCUT2D eigenvalue weighted by Crippen LogP contribution is 2.49. The first-order chi connectivity index (χ1) is 18.9. The number of carboxylic acids is 1. The molecule has 40 heavy (non-hydrogen) atoms. The van der Waals surface area contributed by atoms with Crippen LogP contribution < -0.4 is 4.74 Å². The fourth-order valence-electron chi connectivity index (χ4n) is 6.75. The van der Waals surface area contributed by atoms with Crippen LogP contribution in [0.1, 0.15) is 78.9 Å². The van der Waals surface area contributed by atoms with Crippen LogP contribution in [0.4, 0.5) is 17.6 Å². The Hall–Kier alpha value is -3.14. The van der Waals surface area contributed by atoms with Crippen molar-refractivity contribution in [2.24, 2.45) is 11.3 Å². The number of rotatable bonds is 5. The number of carboxylic acid groups (broad SMARTS) is 1. The standard InChI is InChI=1S/C30H34F4N2O4/c1-18(2)29(28(39)36-16-21-13-22(30(32,33)34)4-6-26(21)40-17-36)10-7-23(15-29)35-11-8-19(9-12-35)20-3-5-25(31)24(14-20)27(37)38/h3-6,13-14,18-19,23H,7-12,15-17H2,1-2H3,(H,37,38)/t23-,29+/m1/s1. The number of carbonyl (C=O) groups is 2. The predicted octanol–water partition coefficient (Wildman–Crippen LogP) is 6.30. The number of hydrogen-bond donors (Lipinski definition) is 1. The van der Waals surface area contributed by atoms with Gasteiger partial charge in [0.25, 0.3) is 0 Å². The smallest absolute Gasteiger partial charge is 0.416 e. The van der Waals surface area contributed by atoms with E-state index in [1.807, 2.05) is 13.8 Å². The highest BCUT2D eigenvalue weighted by Gasteiger charge is 2.51. The first kappa shape index (κ1) is 28.4. The summed E-state index contributed by atoms with van der Waals surface area (Å²) in [6, 6.07) is 7.91. The fourth-order valence-corrected chi connectivity index (χ4v) is 6.75. The maximum absolute atomic E-state index is 14.0. The van der Waals surface area contributed by atoms with Crippen molar-refractivity contribution >= 4 is 11.9 Å². The Morgan fingerprint density at radius 1 is 1.07 bits per heavy atom. The Balaban J connectivity index is 1.25. The van der Waals surface area contributed by atoms with Crippen LogP contribution in [0.2, 0.25) is 0 Å². The maximum atomic E-state index is 14.0. The molecule has 1 saturated heterocycles. The zero-order chi connectivity index (χ0) is 28.8.